The highest BCUT2D eigenvalue weighted by Gasteiger charge is 2.36. The van der Waals surface area contributed by atoms with E-state index in [1.54, 1.807) is 0 Å². The third kappa shape index (κ3) is 6.22. The second kappa shape index (κ2) is 5.97. The van der Waals surface area contributed by atoms with E-state index in [0.717, 1.165) is 6.42 Å². The van der Waals surface area contributed by atoms with Crippen LogP contribution < -0.4 is 4.57 Å². The molecule has 0 aromatic carbocycles. The molecule has 0 saturated carbocycles. The Bertz CT molecular complexity index is 457. The van der Waals surface area contributed by atoms with Crippen molar-refractivity contribution in [3.8, 4) is 0 Å². The zero-order valence-electron chi connectivity index (χ0n) is 9.23. The molecular weight excluding hydrogens is 259 g/mol. The van der Waals surface area contributed by atoms with E-state index in [4.69, 9.17) is 13.0 Å². The summed E-state index contributed by atoms with van der Waals surface area (Å²) in [7, 11) is -4.05. The van der Waals surface area contributed by atoms with E-state index < -0.39 is 15.6 Å². The van der Waals surface area contributed by atoms with Crippen LogP contribution in [-0.4, -0.2) is 18.5 Å². The Morgan fingerprint density at radius 1 is 1.41 bits per heavy atom. The topological polar surface area (TPSA) is 61.1 Å². The molecule has 0 N–H and O–H groups in total. The molecule has 0 amide bonds. The highest BCUT2D eigenvalue weighted by atomic mass is 32.2. The number of aryl methyl sites for hydroxylation is 2. The first-order valence-corrected chi connectivity index (χ1v) is 5.95. The molecule has 0 aliphatic carbocycles. The van der Waals surface area contributed by atoms with Gasteiger partial charge in [0.15, 0.2) is 22.5 Å². The van der Waals surface area contributed by atoms with Crippen molar-refractivity contribution in [1.29, 1.82) is 0 Å². The van der Waals surface area contributed by atoms with Gasteiger partial charge in [-0.25, -0.2) is 13.0 Å². The maximum Gasteiger partial charge on any atom is 0.485 e. The normalized spacial score (nSPS) is 11.6. The Labute approximate surface area is 97.5 Å². The average molecular weight is 271 g/mol. The molecule has 1 rings (SSSR count). The molecule has 0 radical (unpaired) electrons. The first-order valence-electron chi connectivity index (χ1n) is 4.54. The van der Waals surface area contributed by atoms with Gasteiger partial charge < -0.3 is 4.55 Å². The van der Waals surface area contributed by atoms with Crippen LogP contribution in [0.4, 0.5) is 13.2 Å². The minimum absolute atomic E-state index is 1.12. The second-order valence-electron chi connectivity index (χ2n) is 3.13. The number of alkyl halides is 3. The first kappa shape index (κ1) is 15.9. The summed E-state index contributed by atoms with van der Waals surface area (Å²) < 4.78 is 61.0. The van der Waals surface area contributed by atoms with E-state index in [1.165, 1.54) is 5.56 Å². The largest absolute Gasteiger partial charge is 0.741 e. The number of nitrogens with zero attached hydrogens (tertiary/aromatic N) is 1. The van der Waals surface area contributed by atoms with Gasteiger partial charge in [0.05, 0.1) is 0 Å². The smallest absolute Gasteiger partial charge is 0.485 e. The summed E-state index contributed by atoms with van der Waals surface area (Å²) in [5.41, 5.74) is -4.26. The van der Waals surface area contributed by atoms with Crippen LogP contribution in [0.3, 0.4) is 0 Å². The fraction of sp³-hybridized carbons (Fsp3) is 0.444. The van der Waals surface area contributed by atoms with Gasteiger partial charge in [0.1, 0.15) is 7.05 Å². The first-order chi connectivity index (χ1) is 7.58. The fourth-order valence-corrected chi connectivity index (χ4v) is 0.859. The van der Waals surface area contributed by atoms with Crippen LogP contribution in [0.2, 0.25) is 0 Å². The Kier molecular flexibility index (Phi) is 5.56. The van der Waals surface area contributed by atoms with Crippen LogP contribution >= 0.6 is 0 Å². The molecule has 1 aromatic heterocycles. The SMILES string of the molecule is CCc1ccc[n+](C)c1.O=S(=O)([O-])C(F)(F)F. The van der Waals surface area contributed by atoms with Gasteiger partial charge in [0, 0.05) is 11.6 Å². The quantitative estimate of drug-likeness (QED) is 0.437. The highest BCUT2D eigenvalue weighted by molar-refractivity contribution is 7.86. The standard InChI is InChI=1S/C8H12N.CHF3O3S/c1-3-8-5-4-6-9(2)7-8;2-1(3,4)8(5,6)7/h4-7H,3H2,1-2H3;(H,5,6,7)/q+1;/p-1. The molecule has 8 heteroatoms. The van der Waals surface area contributed by atoms with Gasteiger partial charge in [-0.3, -0.25) is 0 Å². The number of halogens is 3. The summed E-state index contributed by atoms with van der Waals surface area (Å²) in [5.74, 6) is 0. The molecule has 0 fully saturated rings. The summed E-state index contributed by atoms with van der Waals surface area (Å²) in [4.78, 5) is 0. The Balaban J connectivity index is 0.000000304. The summed E-state index contributed by atoms with van der Waals surface area (Å²) in [6.07, 6.45) is 5.30. The Hall–Kier alpha value is -1.15. The Morgan fingerprint density at radius 3 is 2.12 bits per heavy atom. The maximum absolute atomic E-state index is 10.7. The van der Waals surface area contributed by atoms with Crippen LogP contribution in [0.25, 0.3) is 0 Å². The molecule has 0 aliphatic heterocycles. The predicted octanol–water partition coefficient (Wildman–Crippen LogP) is 1.12. The number of aromatic nitrogens is 1. The van der Waals surface area contributed by atoms with Gasteiger partial charge in [-0.1, -0.05) is 6.92 Å². The van der Waals surface area contributed by atoms with Crippen molar-refractivity contribution in [1.82, 2.24) is 0 Å². The second-order valence-corrected chi connectivity index (χ2v) is 4.50. The molecule has 0 saturated heterocycles. The van der Waals surface area contributed by atoms with E-state index in [2.05, 4.69) is 29.8 Å². The van der Waals surface area contributed by atoms with Gasteiger partial charge in [-0.05, 0) is 12.5 Å². The predicted molar refractivity (Wildman–Crippen MR) is 52.7 cm³/mol. The highest BCUT2D eigenvalue weighted by Crippen LogP contribution is 2.20. The molecule has 0 atom stereocenters. The van der Waals surface area contributed by atoms with E-state index in [9.17, 15) is 13.2 Å². The number of hydrogen-bond acceptors (Lipinski definition) is 3. The van der Waals surface area contributed by atoms with Crippen molar-refractivity contribution in [3.05, 3.63) is 30.1 Å². The zero-order chi connectivity index (χ0) is 13.7. The summed E-state index contributed by atoms with van der Waals surface area (Å²) in [6, 6.07) is 4.21. The maximum atomic E-state index is 10.7. The zero-order valence-corrected chi connectivity index (χ0v) is 10.0. The molecule has 0 aliphatic rings. The molecule has 1 heterocycles. The van der Waals surface area contributed by atoms with E-state index in [0.29, 0.717) is 0 Å². The van der Waals surface area contributed by atoms with Crippen molar-refractivity contribution in [2.75, 3.05) is 0 Å². The number of hydrogen-bond donors (Lipinski definition) is 0. The summed E-state index contributed by atoms with van der Waals surface area (Å²) in [6.45, 7) is 2.16. The van der Waals surface area contributed by atoms with Crippen molar-refractivity contribution < 1.29 is 30.7 Å². The van der Waals surface area contributed by atoms with E-state index in [-0.39, 0.29) is 0 Å². The van der Waals surface area contributed by atoms with Crippen LogP contribution in [0.15, 0.2) is 24.5 Å². The molecule has 98 valence electrons. The molecule has 0 bridgehead atoms. The minimum Gasteiger partial charge on any atom is -0.741 e. The summed E-state index contributed by atoms with van der Waals surface area (Å²) in [5, 5.41) is 0. The van der Waals surface area contributed by atoms with Gasteiger partial charge in [0.2, 0.25) is 0 Å². The molecule has 0 unspecified atom stereocenters. The van der Waals surface area contributed by atoms with Crippen LogP contribution in [0.1, 0.15) is 12.5 Å². The lowest BCUT2D eigenvalue weighted by Gasteiger charge is -2.08. The lowest BCUT2D eigenvalue weighted by molar-refractivity contribution is -0.671. The van der Waals surface area contributed by atoms with Crippen molar-refractivity contribution >= 4 is 10.1 Å². The molecule has 4 nitrogen and oxygen atoms in total. The lowest BCUT2D eigenvalue weighted by Crippen LogP contribution is -2.26. The lowest BCUT2D eigenvalue weighted by atomic mass is 10.2. The molecule has 17 heavy (non-hydrogen) atoms. The average Bonchev–Trinajstić information content (AvgIpc) is 2.15. The van der Waals surface area contributed by atoms with Crippen LogP contribution in [0, 0.1) is 0 Å². The molecular formula is C9H12F3NO3S. The number of rotatable bonds is 1. The molecule has 0 spiro atoms. The van der Waals surface area contributed by atoms with E-state index in [1.807, 2.05) is 13.2 Å². The fourth-order valence-electron chi connectivity index (χ4n) is 0.859. The van der Waals surface area contributed by atoms with Crippen molar-refractivity contribution in [2.45, 2.75) is 18.9 Å². The van der Waals surface area contributed by atoms with Gasteiger partial charge >= 0.3 is 5.51 Å². The van der Waals surface area contributed by atoms with Gasteiger partial charge in [0.25, 0.3) is 0 Å². The van der Waals surface area contributed by atoms with Crippen LogP contribution in [-0.2, 0) is 23.6 Å². The van der Waals surface area contributed by atoms with Crippen LogP contribution in [0.5, 0.6) is 0 Å². The van der Waals surface area contributed by atoms with Gasteiger partial charge in [-0.2, -0.15) is 13.2 Å². The third-order valence-corrected chi connectivity index (χ3v) is 2.26. The summed E-state index contributed by atoms with van der Waals surface area (Å²) >= 11 is 0. The van der Waals surface area contributed by atoms with Crippen molar-refractivity contribution in [3.63, 3.8) is 0 Å². The third-order valence-electron chi connectivity index (χ3n) is 1.69. The Morgan fingerprint density at radius 2 is 1.88 bits per heavy atom. The van der Waals surface area contributed by atoms with Gasteiger partial charge in [-0.15, -0.1) is 0 Å². The monoisotopic (exact) mass is 271 g/mol. The van der Waals surface area contributed by atoms with Crippen molar-refractivity contribution in [2.24, 2.45) is 7.05 Å². The minimum atomic E-state index is -6.09. The number of pyridine rings is 1. The van der Waals surface area contributed by atoms with E-state index >= 15 is 0 Å². The molecule has 1 aromatic rings.